The number of rotatable bonds is 2. The first-order valence-corrected chi connectivity index (χ1v) is 5.53. The zero-order valence-corrected chi connectivity index (χ0v) is 9.20. The second-order valence-corrected chi connectivity index (χ2v) is 4.18. The molecular weight excluding hydrogens is 231 g/mol. The number of nitrogens with two attached hydrogens (primary N) is 1. The molecule has 1 aliphatic heterocycles. The van der Waals surface area contributed by atoms with Gasteiger partial charge in [-0.25, -0.2) is 0 Å². The molecule has 94 valence electrons. The Kier molecular flexibility index (Phi) is 3.40. The molecule has 2 atom stereocenters. The highest BCUT2D eigenvalue weighted by molar-refractivity contribution is 5.27. The summed E-state index contributed by atoms with van der Waals surface area (Å²) in [5, 5.41) is 0. The van der Waals surface area contributed by atoms with Gasteiger partial charge in [-0.3, -0.25) is 0 Å². The SMILES string of the molecule is NCC1CCC(c2cccc(C(F)(F)F)c2)O1. The molecule has 2 rings (SSSR count). The molecule has 0 aromatic heterocycles. The monoisotopic (exact) mass is 245 g/mol. The van der Waals surface area contributed by atoms with Crippen molar-refractivity contribution in [3.63, 3.8) is 0 Å². The molecule has 1 aromatic rings. The minimum absolute atomic E-state index is 0.0328. The van der Waals surface area contributed by atoms with E-state index in [4.69, 9.17) is 10.5 Å². The summed E-state index contributed by atoms with van der Waals surface area (Å²) in [6.45, 7) is 0.412. The van der Waals surface area contributed by atoms with E-state index in [2.05, 4.69) is 0 Å². The minimum atomic E-state index is -4.30. The van der Waals surface area contributed by atoms with Crippen molar-refractivity contribution in [1.29, 1.82) is 0 Å². The standard InChI is InChI=1S/C12H14F3NO/c13-12(14,15)9-3-1-2-8(6-9)11-5-4-10(7-16)17-11/h1-3,6,10-11H,4-5,7,16H2. The van der Waals surface area contributed by atoms with E-state index in [-0.39, 0.29) is 12.2 Å². The molecule has 0 bridgehead atoms. The van der Waals surface area contributed by atoms with E-state index in [1.807, 2.05) is 0 Å². The van der Waals surface area contributed by atoms with Gasteiger partial charge in [0.25, 0.3) is 0 Å². The summed E-state index contributed by atoms with van der Waals surface area (Å²) < 4.78 is 43.2. The van der Waals surface area contributed by atoms with Crippen molar-refractivity contribution in [2.45, 2.75) is 31.2 Å². The predicted octanol–water partition coefficient (Wildman–Crippen LogP) is 2.88. The average Bonchev–Trinajstić information content (AvgIpc) is 2.76. The fraction of sp³-hybridized carbons (Fsp3) is 0.500. The highest BCUT2D eigenvalue weighted by Gasteiger charge is 2.32. The first kappa shape index (κ1) is 12.4. The molecule has 0 aliphatic carbocycles. The Morgan fingerprint density at radius 1 is 1.29 bits per heavy atom. The summed E-state index contributed by atoms with van der Waals surface area (Å²) in [4.78, 5) is 0. The molecule has 0 saturated carbocycles. The second kappa shape index (κ2) is 4.66. The highest BCUT2D eigenvalue weighted by Crippen LogP contribution is 2.35. The molecule has 0 radical (unpaired) electrons. The van der Waals surface area contributed by atoms with Crippen molar-refractivity contribution in [3.8, 4) is 0 Å². The third-order valence-corrected chi connectivity index (χ3v) is 2.96. The van der Waals surface area contributed by atoms with E-state index >= 15 is 0 Å². The second-order valence-electron chi connectivity index (χ2n) is 4.18. The maximum absolute atomic E-state index is 12.5. The summed E-state index contributed by atoms with van der Waals surface area (Å²) in [5.41, 5.74) is 5.42. The van der Waals surface area contributed by atoms with Crippen molar-refractivity contribution >= 4 is 0 Å². The molecule has 0 spiro atoms. The van der Waals surface area contributed by atoms with Crippen LogP contribution < -0.4 is 5.73 Å². The van der Waals surface area contributed by atoms with Crippen LogP contribution in [0.4, 0.5) is 13.2 Å². The van der Waals surface area contributed by atoms with Crippen molar-refractivity contribution in [2.24, 2.45) is 5.73 Å². The molecule has 1 fully saturated rings. The summed E-state index contributed by atoms with van der Waals surface area (Å²) in [7, 11) is 0. The number of alkyl halides is 3. The first-order chi connectivity index (χ1) is 8.00. The van der Waals surface area contributed by atoms with Gasteiger partial charge in [-0.15, -0.1) is 0 Å². The quantitative estimate of drug-likeness (QED) is 0.869. The van der Waals surface area contributed by atoms with E-state index < -0.39 is 11.7 Å². The molecule has 2 unspecified atom stereocenters. The number of hydrogen-bond donors (Lipinski definition) is 1. The van der Waals surface area contributed by atoms with Crippen LogP contribution in [0.1, 0.15) is 30.1 Å². The maximum atomic E-state index is 12.5. The van der Waals surface area contributed by atoms with Gasteiger partial charge < -0.3 is 10.5 Å². The molecule has 0 amide bonds. The Morgan fingerprint density at radius 2 is 2.06 bits per heavy atom. The molecule has 1 heterocycles. The fourth-order valence-corrected chi connectivity index (χ4v) is 2.04. The summed E-state index contributed by atoms with van der Waals surface area (Å²) in [6, 6.07) is 5.30. The van der Waals surface area contributed by atoms with Crippen LogP contribution in [-0.2, 0) is 10.9 Å². The highest BCUT2D eigenvalue weighted by atomic mass is 19.4. The Hall–Kier alpha value is -1.07. The molecule has 2 N–H and O–H groups in total. The van der Waals surface area contributed by atoms with Crippen LogP contribution in [0.3, 0.4) is 0 Å². The Morgan fingerprint density at radius 3 is 2.65 bits per heavy atom. The lowest BCUT2D eigenvalue weighted by Crippen LogP contribution is -2.18. The lowest BCUT2D eigenvalue weighted by Gasteiger charge is -2.14. The molecular formula is C12H14F3NO. The van der Waals surface area contributed by atoms with Crippen molar-refractivity contribution < 1.29 is 17.9 Å². The molecule has 2 nitrogen and oxygen atoms in total. The Balaban J connectivity index is 2.17. The third-order valence-electron chi connectivity index (χ3n) is 2.96. The van der Waals surface area contributed by atoms with Gasteiger partial charge in [-0.05, 0) is 30.5 Å². The van der Waals surface area contributed by atoms with Crippen molar-refractivity contribution in [1.82, 2.24) is 0 Å². The number of hydrogen-bond acceptors (Lipinski definition) is 2. The lowest BCUT2D eigenvalue weighted by molar-refractivity contribution is -0.137. The molecule has 1 aliphatic rings. The predicted molar refractivity (Wildman–Crippen MR) is 57.3 cm³/mol. The molecule has 1 aromatic carbocycles. The van der Waals surface area contributed by atoms with Gasteiger partial charge in [-0.2, -0.15) is 13.2 Å². The summed E-state index contributed by atoms with van der Waals surface area (Å²) >= 11 is 0. The van der Waals surface area contributed by atoms with Gasteiger partial charge in [0.1, 0.15) is 0 Å². The smallest absolute Gasteiger partial charge is 0.369 e. The van der Waals surface area contributed by atoms with Crippen LogP contribution in [-0.4, -0.2) is 12.6 Å². The molecule has 17 heavy (non-hydrogen) atoms. The number of ether oxygens (including phenoxy) is 1. The number of halogens is 3. The van der Waals surface area contributed by atoms with Crippen LogP contribution in [0.15, 0.2) is 24.3 Å². The van der Waals surface area contributed by atoms with Gasteiger partial charge in [0.2, 0.25) is 0 Å². The fourth-order valence-electron chi connectivity index (χ4n) is 2.04. The van der Waals surface area contributed by atoms with Gasteiger partial charge >= 0.3 is 6.18 Å². The van der Waals surface area contributed by atoms with Gasteiger partial charge in [0, 0.05) is 6.54 Å². The zero-order valence-electron chi connectivity index (χ0n) is 9.20. The zero-order chi connectivity index (χ0) is 12.5. The summed E-state index contributed by atoms with van der Waals surface area (Å²) in [6.07, 6.45) is -3.07. The normalized spacial score (nSPS) is 25.2. The van der Waals surface area contributed by atoms with Crippen LogP contribution in [0.2, 0.25) is 0 Å². The molecule has 5 heteroatoms. The first-order valence-electron chi connectivity index (χ1n) is 5.53. The van der Waals surface area contributed by atoms with E-state index in [9.17, 15) is 13.2 Å². The average molecular weight is 245 g/mol. The van der Waals surface area contributed by atoms with Crippen LogP contribution in [0.5, 0.6) is 0 Å². The van der Waals surface area contributed by atoms with E-state index in [0.717, 1.165) is 25.0 Å². The lowest BCUT2D eigenvalue weighted by atomic mass is 10.0. The van der Waals surface area contributed by atoms with Gasteiger partial charge in [-0.1, -0.05) is 12.1 Å². The topological polar surface area (TPSA) is 35.2 Å². The van der Waals surface area contributed by atoms with Crippen molar-refractivity contribution in [3.05, 3.63) is 35.4 Å². The van der Waals surface area contributed by atoms with E-state index in [0.29, 0.717) is 12.1 Å². The third kappa shape index (κ3) is 2.79. The largest absolute Gasteiger partial charge is 0.416 e. The summed E-state index contributed by atoms with van der Waals surface area (Å²) in [5.74, 6) is 0. The van der Waals surface area contributed by atoms with Crippen LogP contribution in [0.25, 0.3) is 0 Å². The van der Waals surface area contributed by atoms with E-state index in [1.165, 1.54) is 6.07 Å². The number of benzene rings is 1. The molecule has 1 saturated heterocycles. The van der Waals surface area contributed by atoms with Crippen LogP contribution in [0, 0.1) is 0 Å². The minimum Gasteiger partial charge on any atom is -0.369 e. The van der Waals surface area contributed by atoms with Gasteiger partial charge in [0.15, 0.2) is 0 Å². The Labute approximate surface area is 97.6 Å². The maximum Gasteiger partial charge on any atom is 0.416 e. The van der Waals surface area contributed by atoms with Crippen molar-refractivity contribution in [2.75, 3.05) is 6.54 Å². The Bertz CT molecular complexity index is 392. The van der Waals surface area contributed by atoms with Gasteiger partial charge in [0.05, 0.1) is 17.8 Å². The van der Waals surface area contributed by atoms with E-state index in [1.54, 1.807) is 6.07 Å². The van der Waals surface area contributed by atoms with Crippen LogP contribution >= 0.6 is 0 Å².